The van der Waals surface area contributed by atoms with Gasteiger partial charge in [-0.05, 0) is 33.6 Å². The van der Waals surface area contributed by atoms with Crippen molar-refractivity contribution in [1.29, 1.82) is 0 Å². The maximum Gasteiger partial charge on any atom is 0.152 e. The summed E-state index contributed by atoms with van der Waals surface area (Å²) in [6, 6.07) is 0. The van der Waals surface area contributed by atoms with Crippen LogP contribution < -0.4 is 5.73 Å². The second-order valence-corrected chi connectivity index (χ2v) is 9.89. The van der Waals surface area contributed by atoms with Crippen LogP contribution in [0.1, 0.15) is 40.0 Å². The van der Waals surface area contributed by atoms with E-state index in [2.05, 4.69) is 30.6 Å². The predicted molar refractivity (Wildman–Crippen MR) is 87.2 cm³/mol. The van der Waals surface area contributed by atoms with Crippen LogP contribution in [0.25, 0.3) is 0 Å². The van der Waals surface area contributed by atoms with Crippen LogP contribution in [0, 0.1) is 0 Å². The van der Waals surface area contributed by atoms with Gasteiger partial charge in [-0.3, -0.25) is 9.80 Å². The Morgan fingerprint density at radius 3 is 2.19 bits per heavy atom. The standard InChI is InChI=1S/C15H31N3O2S/c1-14(2,3)17-8-10-18(11-9-17)15(12-16)7-5-6-13(15)21(4,19)20/h13H,5-12,16H2,1-4H3. The van der Waals surface area contributed by atoms with E-state index in [-0.39, 0.29) is 16.3 Å². The third-order valence-corrected chi connectivity index (χ3v) is 7.11. The first-order valence-corrected chi connectivity index (χ1v) is 9.96. The molecule has 2 rings (SSSR count). The maximum atomic E-state index is 12.2. The van der Waals surface area contributed by atoms with E-state index in [0.29, 0.717) is 6.54 Å². The van der Waals surface area contributed by atoms with Crippen LogP contribution in [-0.4, -0.2) is 73.5 Å². The number of hydrogen-bond donors (Lipinski definition) is 1. The molecule has 2 atom stereocenters. The molecule has 21 heavy (non-hydrogen) atoms. The summed E-state index contributed by atoms with van der Waals surface area (Å²) in [6.45, 7) is 11.0. The molecule has 124 valence electrons. The Balaban J connectivity index is 2.16. The van der Waals surface area contributed by atoms with Gasteiger partial charge in [-0.2, -0.15) is 0 Å². The average Bonchev–Trinajstić information content (AvgIpc) is 2.83. The number of nitrogens with zero attached hydrogens (tertiary/aromatic N) is 2. The van der Waals surface area contributed by atoms with Gasteiger partial charge in [0.15, 0.2) is 9.84 Å². The number of nitrogens with two attached hydrogens (primary N) is 1. The van der Waals surface area contributed by atoms with Gasteiger partial charge in [0, 0.05) is 50.1 Å². The van der Waals surface area contributed by atoms with Gasteiger partial charge in [0.05, 0.1) is 5.25 Å². The minimum absolute atomic E-state index is 0.174. The largest absolute Gasteiger partial charge is 0.329 e. The number of piperazine rings is 1. The zero-order valence-corrected chi connectivity index (χ0v) is 14.7. The molecule has 0 radical (unpaired) electrons. The van der Waals surface area contributed by atoms with Crippen molar-refractivity contribution in [3.05, 3.63) is 0 Å². The molecule has 0 aromatic carbocycles. The first-order chi connectivity index (χ1) is 9.61. The Kier molecular flexibility index (Phi) is 4.74. The van der Waals surface area contributed by atoms with E-state index < -0.39 is 9.84 Å². The fourth-order valence-corrected chi connectivity index (χ4v) is 5.94. The number of hydrogen-bond acceptors (Lipinski definition) is 5. The third-order valence-electron chi connectivity index (χ3n) is 5.40. The van der Waals surface area contributed by atoms with Crippen molar-refractivity contribution < 1.29 is 8.42 Å². The fourth-order valence-electron chi connectivity index (χ4n) is 4.18. The molecule has 5 nitrogen and oxygen atoms in total. The minimum Gasteiger partial charge on any atom is -0.329 e. The van der Waals surface area contributed by atoms with Gasteiger partial charge in [0.1, 0.15) is 0 Å². The van der Waals surface area contributed by atoms with Crippen LogP contribution in [0.5, 0.6) is 0 Å². The van der Waals surface area contributed by atoms with Crippen LogP contribution >= 0.6 is 0 Å². The molecule has 6 heteroatoms. The molecule has 1 aliphatic carbocycles. The highest BCUT2D eigenvalue weighted by Gasteiger charge is 2.51. The Morgan fingerprint density at radius 1 is 1.19 bits per heavy atom. The Labute approximate surface area is 129 Å². The van der Waals surface area contributed by atoms with Crippen molar-refractivity contribution in [3.63, 3.8) is 0 Å². The lowest BCUT2D eigenvalue weighted by atomic mass is 9.93. The predicted octanol–water partition coefficient (Wildman–Crippen LogP) is 0.697. The summed E-state index contributed by atoms with van der Waals surface area (Å²) < 4.78 is 24.4. The van der Waals surface area contributed by atoms with Crippen LogP contribution in [0.15, 0.2) is 0 Å². The second kappa shape index (κ2) is 5.80. The summed E-state index contributed by atoms with van der Waals surface area (Å²) in [6.07, 6.45) is 4.01. The number of rotatable bonds is 3. The maximum absolute atomic E-state index is 12.2. The molecule has 0 aromatic heterocycles. The van der Waals surface area contributed by atoms with Gasteiger partial charge in [0.25, 0.3) is 0 Å². The SMILES string of the molecule is CC(C)(C)N1CCN(C2(CN)CCCC2S(C)(=O)=O)CC1. The summed E-state index contributed by atoms with van der Waals surface area (Å²) in [5.41, 5.74) is 5.93. The van der Waals surface area contributed by atoms with E-state index in [1.807, 2.05) is 0 Å². The Bertz CT molecular complexity index is 464. The lowest BCUT2D eigenvalue weighted by molar-refractivity contribution is 0.00760. The highest BCUT2D eigenvalue weighted by Crippen LogP contribution is 2.39. The van der Waals surface area contributed by atoms with Crippen molar-refractivity contribution in [2.24, 2.45) is 5.73 Å². The van der Waals surface area contributed by atoms with Crippen LogP contribution in [0.3, 0.4) is 0 Å². The van der Waals surface area contributed by atoms with Crippen molar-refractivity contribution in [1.82, 2.24) is 9.80 Å². The van der Waals surface area contributed by atoms with Crippen molar-refractivity contribution in [3.8, 4) is 0 Å². The van der Waals surface area contributed by atoms with Crippen molar-refractivity contribution in [2.45, 2.75) is 56.4 Å². The normalized spacial score (nSPS) is 33.5. The monoisotopic (exact) mass is 317 g/mol. The van der Waals surface area contributed by atoms with Crippen molar-refractivity contribution in [2.75, 3.05) is 39.0 Å². The highest BCUT2D eigenvalue weighted by atomic mass is 32.2. The third kappa shape index (κ3) is 3.28. The zero-order valence-electron chi connectivity index (χ0n) is 13.9. The molecule has 1 aliphatic heterocycles. The molecule has 2 fully saturated rings. The fraction of sp³-hybridized carbons (Fsp3) is 1.00. The first-order valence-electron chi connectivity index (χ1n) is 8.00. The molecule has 0 aromatic rings. The summed E-state index contributed by atoms with van der Waals surface area (Å²) >= 11 is 0. The summed E-state index contributed by atoms with van der Waals surface area (Å²) in [4.78, 5) is 4.84. The average molecular weight is 317 g/mol. The van der Waals surface area contributed by atoms with Crippen LogP contribution in [0.4, 0.5) is 0 Å². The summed E-state index contributed by atoms with van der Waals surface area (Å²) in [5, 5.41) is -0.295. The Hall–Kier alpha value is -0.170. The van der Waals surface area contributed by atoms with E-state index in [9.17, 15) is 8.42 Å². The van der Waals surface area contributed by atoms with Gasteiger partial charge in [-0.1, -0.05) is 6.42 Å². The van der Waals surface area contributed by atoms with E-state index in [1.165, 1.54) is 6.26 Å². The Morgan fingerprint density at radius 2 is 1.76 bits per heavy atom. The quantitative estimate of drug-likeness (QED) is 0.830. The van der Waals surface area contributed by atoms with Crippen LogP contribution in [0.2, 0.25) is 0 Å². The van der Waals surface area contributed by atoms with Gasteiger partial charge >= 0.3 is 0 Å². The molecular formula is C15H31N3O2S. The molecule has 1 saturated carbocycles. The highest BCUT2D eigenvalue weighted by molar-refractivity contribution is 7.91. The van der Waals surface area contributed by atoms with Gasteiger partial charge < -0.3 is 5.73 Å². The van der Waals surface area contributed by atoms with Gasteiger partial charge in [0.2, 0.25) is 0 Å². The topological polar surface area (TPSA) is 66.6 Å². The summed E-state index contributed by atoms with van der Waals surface area (Å²) in [7, 11) is -3.05. The van der Waals surface area contributed by atoms with Crippen molar-refractivity contribution >= 4 is 9.84 Å². The molecule has 0 bridgehead atoms. The van der Waals surface area contributed by atoms with E-state index >= 15 is 0 Å². The van der Waals surface area contributed by atoms with Crippen LogP contribution in [-0.2, 0) is 9.84 Å². The molecule has 2 unspecified atom stereocenters. The summed E-state index contributed by atoms with van der Waals surface area (Å²) in [5.74, 6) is 0. The van der Waals surface area contributed by atoms with E-state index in [1.54, 1.807) is 0 Å². The van der Waals surface area contributed by atoms with Gasteiger partial charge in [-0.15, -0.1) is 0 Å². The molecular weight excluding hydrogens is 286 g/mol. The molecule has 1 saturated heterocycles. The second-order valence-electron chi connectivity index (χ2n) is 7.66. The minimum atomic E-state index is -3.05. The van der Waals surface area contributed by atoms with Gasteiger partial charge in [-0.25, -0.2) is 8.42 Å². The molecule has 2 N–H and O–H groups in total. The molecule has 0 spiro atoms. The smallest absolute Gasteiger partial charge is 0.152 e. The zero-order chi connectivity index (χ0) is 15.9. The lowest BCUT2D eigenvalue weighted by Crippen LogP contribution is -2.66. The van der Waals surface area contributed by atoms with E-state index in [0.717, 1.165) is 45.4 Å². The van der Waals surface area contributed by atoms with E-state index in [4.69, 9.17) is 5.73 Å². The molecule has 1 heterocycles. The molecule has 0 amide bonds. The molecule has 2 aliphatic rings. The first kappa shape index (κ1) is 17.2. The lowest BCUT2D eigenvalue weighted by Gasteiger charge is -2.50. The number of sulfone groups is 1.